The Balaban J connectivity index is 4.78. The number of allylic oxidation sites excluding steroid dienone is 14. The fourth-order valence-electron chi connectivity index (χ4n) is 6.92. The van der Waals surface area contributed by atoms with Crippen LogP contribution in [0.1, 0.15) is 213 Å². The van der Waals surface area contributed by atoms with Crippen molar-refractivity contribution >= 4 is 11.9 Å². The minimum Gasteiger partial charge on any atom is -0.462 e. The Morgan fingerprint density at radius 1 is 0.508 bits per heavy atom. The van der Waals surface area contributed by atoms with Crippen LogP contribution in [-0.4, -0.2) is 46.9 Å². The van der Waals surface area contributed by atoms with Gasteiger partial charge in [-0.15, -0.1) is 0 Å². The van der Waals surface area contributed by atoms with E-state index in [0.29, 0.717) is 19.3 Å². The molecule has 6 heteroatoms. The number of carbonyl (C=O) groups is 2. The van der Waals surface area contributed by atoms with E-state index in [-0.39, 0.29) is 31.3 Å². The Kier molecular flexibility index (Phi) is 43.8. The van der Waals surface area contributed by atoms with Crippen molar-refractivity contribution in [2.24, 2.45) is 0 Å². The van der Waals surface area contributed by atoms with E-state index in [2.05, 4.69) is 56.5 Å². The molecule has 0 bridgehead atoms. The van der Waals surface area contributed by atoms with Crippen molar-refractivity contribution in [3.63, 3.8) is 0 Å². The van der Waals surface area contributed by atoms with E-state index >= 15 is 0 Å². The summed E-state index contributed by atoms with van der Waals surface area (Å²) >= 11 is 0. The van der Waals surface area contributed by atoms with Gasteiger partial charge >= 0.3 is 5.97 Å². The fourth-order valence-corrected chi connectivity index (χ4v) is 6.92. The molecule has 0 aromatic rings. The number of rotatable bonds is 42. The molecule has 0 aromatic heterocycles. The number of esters is 1. The monoisotopic (exact) mass is 822 g/mol. The summed E-state index contributed by atoms with van der Waals surface area (Å²) in [7, 11) is 0. The molecule has 3 unspecified atom stereocenters. The van der Waals surface area contributed by atoms with Gasteiger partial charge in [-0.05, 0) is 64.2 Å². The molecule has 0 heterocycles. The highest BCUT2D eigenvalue weighted by atomic mass is 16.5. The third-order valence-corrected chi connectivity index (χ3v) is 10.6. The molecular weight excluding hydrogens is 731 g/mol. The molecule has 0 saturated heterocycles. The predicted molar refractivity (Wildman–Crippen MR) is 254 cm³/mol. The molecule has 3 N–H and O–H groups in total. The second kappa shape index (κ2) is 46.1. The lowest BCUT2D eigenvalue weighted by Gasteiger charge is -2.24. The predicted octanol–water partition coefficient (Wildman–Crippen LogP) is 14.4. The number of unbranched alkanes of at least 4 members (excludes halogenated alkanes) is 21. The van der Waals surface area contributed by atoms with Crippen molar-refractivity contribution < 1.29 is 24.5 Å². The van der Waals surface area contributed by atoms with Gasteiger partial charge in [0.15, 0.2) is 0 Å². The van der Waals surface area contributed by atoms with Crippen molar-refractivity contribution in [3.05, 3.63) is 85.1 Å². The molecule has 0 aromatic carbocycles. The van der Waals surface area contributed by atoms with Gasteiger partial charge in [-0.25, -0.2) is 0 Å². The number of carbonyl (C=O) groups excluding carboxylic acids is 2. The highest BCUT2D eigenvalue weighted by Crippen LogP contribution is 2.16. The molecule has 0 saturated carbocycles. The first-order valence-corrected chi connectivity index (χ1v) is 24.4. The molecule has 0 spiro atoms. The van der Waals surface area contributed by atoms with Crippen molar-refractivity contribution in [2.45, 2.75) is 232 Å². The Morgan fingerprint density at radius 2 is 0.915 bits per heavy atom. The summed E-state index contributed by atoms with van der Waals surface area (Å²) in [5.74, 6) is -0.595. The lowest BCUT2D eigenvalue weighted by molar-refractivity contribution is -0.151. The number of amides is 1. The summed E-state index contributed by atoms with van der Waals surface area (Å²) < 4.78 is 5.87. The number of aliphatic hydroxyl groups excluding tert-OH is 2. The van der Waals surface area contributed by atoms with E-state index in [1.54, 1.807) is 0 Å². The molecule has 0 fully saturated rings. The Morgan fingerprint density at radius 3 is 1.42 bits per heavy atom. The van der Waals surface area contributed by atoms with Crippen molar-refractivity contribution in [2.75, 3.05) is 6.61 Å². The zero-order valence-electron chi connectivity index (χ0n) is 38.4. The van der Waals surface area contributed by atoms with Gasteiger partial charge in [0, 0.05) is 6.42 Å². The number of nitrogens with one attached hydrogen (secondary N) is 1. The molecule has 0 rings (SSSR count). The first kappa shape index (κ1) is 56.0. The van der Waals surface area contributed by atoms with E-state index < -0.39 is 18.2 Å². The van der Waals surface area contributed by atoms with Gasteiger partial charge in [-0.1, -0.05) is 221 Å². The number of hydrogen-bond donors (Lipinski definition) is 3. The Labute approximate surface area is 363 Å². The molecular formula is C53H91NO5. The van der Waals surface area contributed by atoms with Crippen LogP contribution >= 0.6 is 0 Å². The summed E-state index contributed by atoms with van der Waals surface area (Å²) in [5.41, 5.74) is 0. The van der Waals surface area contributed by atoms with Crippen LogP contribution in [0.4, 0.5) is 0 Å². The van der Waals surface area contributed by atoms with E-state index in [4.69, 9.17) is 4.74 Å². The molecule has 0 aliphatic rings. The number of hydrogen-bond acceptors (Lipinski definition) is 5. The van der Waals surface area contributed by atoms with Gasteiger partial charge in [0.2, 0.25) is 5.91 Å². The molecule has 59 heavy (non-hydrogen) atoms. The first-order valence-electron chi connectivity index (χ1n) is 24.4. The quantitative estimate of drug-likeness (QED) is 0.0324. The highest BCUT2D eigenvalue weighted by molar-refractivity contribution is 5.77. The van der Waals surface area contributed by atoms with Gasteiger partial charge in [0.1, 0.15) is 6.10 Å². The average Bonchev–Trinajstić information content (AvgIpc) is 3.23. The topological polar surface area (TPSA) is 95.9 Å². The van der Waals surface area contributed by atoms with E-state index in [9.17, 15) is 19.8 Å². The largest absolute Gasteiger partial charge is 0.462 e. The van der Waals surface area contributed by atoms with Gasteiger partial charge in [-0.2, -0.15) is 0 Å². The van der Waals surface area contributed by atoms with Crippen LogP contribution in [0.3, 0.4) is 0 Å². The third kappa shape index (κ3) is 41.6. The second-order valence-electron chi connectivity index (χ2n) is 16.3. The normalized spacial score (nSPS) is 14.1. The molecule has 3 atom stereocenters. The summed E-state index contributed by atoms with van der Waals surface area (Å²) in [4.78, 5) is 26.0. The highest BCUT2D eigenvalue weighted by Gasteiger charge is 2.24. The molecule has 0 aliphatic heterocycles. The molecule has 6 nitrogen and oxygen atoms in total. The van der Waals surface area contributed by atoms with Gasteiger partial charge in [-0.3, -0.25) is 9.59 Å². The zero-order chi connectivity index (χ0) is 43.1. The molecule has 1 amide bonds. The smallest absolute Gasteiger partial charge is 0.306 e. The minimum absolute atomic E-state index is 0.0269. The SMILES string of the molecule is CC/C=C/C=C/C=C\C=C/C=C/CCCC(=O)OC(CCCCC/C=C/C=C/CCCCCCCCC)CC(=O)NC(CO)C(O)CCCCCCCCCCCCC. The van der Waals surface area contributed by atoms with Crippen molar-refractivity contribution in [3.8, 4) is 0 Å². The third-order valence-electron chi connectivity index (χ3n) is 10.6. The Bertz CT molecular complexity index is 1150. The average molecular weight is 822 g/mol. The van der Waals surface area contributed by atoms with Crippen LogP contribution in [0, 0.1) is 0 Å². The molecule has 0 radical (unpaired) electrons. The van der Waals surface area contributed by atoms with Crippen molar-refractivity contribution in [1.29, 1.82) is 0 Å². The van der Waals surface area contributed by atoms with Gasteiger partial charge < -0.3 is 20.3 Å². The number of ether oxygens (including phenoxy) is 1. The van der Waals surface area contributed by atoms with Crippen LogP contribution in [0.25, 0.3) is 0 Å². The van der Waals surface area contributed by atoms with E-state index in [1.165, 1.54) is 96.3 Å². The van der Waals surface area contributed by atoms with Crippen LogP contribution in [-0.2, 0) is 14.3 Å². The lowest BCUT2D eigenvalue weighted by atomic mass is 10.0. The molecule has 0 aliphatic carbocycles. The van der Waals surface area contributed by atoms with Crippen molar-refractivity contribution in [1.82, 2.24) is 5.32 Å². The van der Waals surface area contributed by atoms with Crippen LogP contribution in [0.5, 0.6) is 0 Å². The summed E-state index contributed by atoms with van der Waals surface area (Å²) in [6.45, 7) is 6.29. The second-order valence-corrected chi connectivity index (χ2v) is 16.3. The van der Waals surface area contributed by atoms with Crippen LogP contribution in [0.2, 0.25) is 0 Å². The summed E-state index contributed by atoms with van der Waals surface area (Å²) in [6, 6.07) is -0.728. The first-order chi connectivity index (χ1) is 29.0. The van der Waals surface area contributed by atoms with Gasteiger partial charge in [0.05, 0.1) is 25.2 Å². The maximum Gasteiger partial charge on any atom is 0.306 e. The van der Waals surface area contributed by atoms with Gasteiger partial charge in [0.25, 0.3) is 0 Å². The lowest BCUT2D eigenvalue weighted by Crippen LogP contribution is -2.46. The standard InChI is InChI=1S/C53H91NO5/c1-4-7-10-13-16-19-22-24-25-26-28-30-32-35-38-41-44-49(59-53(58)46-43-40-37-34-31-27-23-20-17-14-11-8-5-2)47-52(57)54-50(48-55)51(56)45-42-39-36-33-29-21-18-15-12-9-6-3/h8,11,14,17,20,23,25-28,30-31,34,37,49-51,55-56H,4-7,9-10,12-13,15-16,18-19,21-22,24,29,32-33,35-36,38-48H2,1-3H3,(H,54,57)/b11-8+,17-14+,23-20-,26-25+,30-28+,31-27-,37-34+. The zero-order valence-corrected chi connectivity index (χ0v) is 38.4. The maximum absolute atomic E-state index is 13.2. The summed E-state index contributed by atoms with van der Waals surface area (Å²) in [5, 5.41) is 23.7. The minimum atomic E-state index is -0.810. The summed E-state index contributed by atoms with van der Waals surface area (Å²) in [6.07, 6.45) is 59.3. The van der Waals surface area contributed by atoms with Crippen LogP contribution < -0.4 is 5.32 Å². The van der Waals surface area contributed by atoms with E-state index in [1.807, 2.05) is 54.7 Å². The Hall–Kier alpha value is -2.96. The number of aliphatic hydroxyl groups is 2. The van der Waals surface area contributed by atoms with Crippen LogP contribution in [0.15, 0.2) is 85.1 Å². The fraction of sp³-hybridized carbons (Fsp3) is 0.698. The van der Waals surface area contributed by atoms with E-state index in [0.717, 1.165) is 64.2 Å². The maximum atomic E-state index is 13.2. The molecule has 338 valence electrons.